The minimum absolute atomic E-state index is 0.257. The maximum absolute atomic E-state index is 11.8. The molecular weight excluding hydrogens is 248 g/mol. The Bertz CT molecular complexity index is 431. The molecule has 0 unspecified atom stereocenters. The van der Waals surface area contributed by atoms with Gasteiger partial charge in [-0.1, -0.05) is 36.6 Å². The summed E-state index contributed by atoms with van der Waals surface area (Å²) in [5.41, 5.74) is -0.358. The molecule has 0 spiro atoms. The molecule has 1 aromatic heterocycles. The molecule has 0 N–H and O–H groups in total. The first-order valence-electron chi connectivity index (χ1n) is 6.67. The molecule has 0 aliphatic rings. The highest BCUT2D eigenvalue weighted by Crippen LogP contribution is 2.21. The maximum atomic E-state index is 11.8. The molecule has 1 heterocycles. The van der Waals surface area contributed by atoms with Crippen LogP contribution in [0, 0.1) is 0 Å². The highest BCUT2D eigenvalue weighted by Gasteiger charge is 2.11. The van der Waals surface area contributed by atoms with Crippen LogP contribution in [-0.4, -0.2) is 30.3 Å². The van der Waals surface area contributed by atoms with Crippen LogP contribution < -0.4 is 19.9 Å². The fourth-order valence-corrected chi connectivity index (χ4v) is 1.37. The number of hydrogen-bond donors (Lipinski definition) is 0. The van der Waals surface area contributed by atoms with Gasteiger partial charge in [-0.15, -0.1) is 0 Å². The van der Waals surface area contributed by atoms with Crippen molar-refractivity contribution in [2.75, 3.05) is 20.3 Å². The topological polar surface area (TPSA) is 62.6 Å². The molecule has 0 aliphatic carbocycles. The molecule has 0 aromatic carbocycles. The van der Waals surface area contributed by atoms with Crippen molar-refractivity contribution in [1.82, 2.24) is 9.94 Å². The van der Waals surface area contributed by atoms with Crippen molar-refractivity contribution in [3.63, 3.8) is 0 Å². The zero-order valence-electron chi connectivity index (χ0n) is 11.8. The second kappa shape index (κ2) is 8.39. The van der Waals surface area contributed by atoms with Crippen molar-refractivity contribution in [1.29, 1.82) is 0 Å². The lowest BCUT2D eigenvalue weighted by Crippen LogP contribution is -2.30. The Labute approximate surface area is 113 Å². The Morgan fingerprint density at radius 2 is 1.89 bits per heavy atom. The number of unbranched alkanes of at least 4 members (excludes halogenated alkanes) is 2. The highest BCUT2D eigenvalue weighted by molar-refractivity contribution is 5.30. The molecule has 0 saturated heterocycles. The first kappa shape index (κ1) is 15.3. The van der Waals surface area contributed by atoms with Crippen molar-refractivity contribution in [3.8, 4) is 11.6 Å². The van der Waals surface area contributed by atoms with Gasteiger partial charge in [0.1, 0.15) is 6.61 Å². The van der Waals surface area contributed by atoms with Crippen LogP contribution in [0.5, 0.6) is 11.6 Å². The van der Waals surface area contributed by atoms with Crippen LogP contribution in [0.1, 0.15) is 39.5 Å². The molecule has 19 heavy (non-hydrogen) atoms. The average Bonchev–Trinajstić information content (AvgIpc) is 2.41. The summed E-state index contributed by atoms with van der Waals surface area (Å²) in [7, 11) is 1.48. The van der Waals surface area contributed by atoms with E-state index in [1.54, 1.807) is 0 Å². The number of methoxy groups -OCH3 is 1. The first-order chi connectivity index (χ1) is 9.22. The van der Waals surface area contributed by atoms with Crippen LogP contribution in [0.4, 0.5) is 0 Å². The van der Waals surface area contributed by atoms with Gasteiger partial charge in [0.25, 0.3) is 5.88 Å². The number of ether oxygens (including phenoxy) is 2. The van der Waals surface area contributed by atoms with E-state index in [1.165, 1.54) is 13.2 Å². The van der Waals surface area contributed by atoms with Crippen LogP contribution in [0.25, 0.3) is 0 Å². The monoisotopic (exact) mass is 270 g/mol. The molecule has 0 saturated carbocycles. The SMILES string of the molecule is CCCCOc1cc(=O)n(OCCCC)nc1OC. The molecule has 1 aromatic rings. The normalized spacial score (nSPS) is 10.3. The lowest BCUT2D eigenvalue weighted by Gasteiger charge is -2.11. The summed E-state index contributed by atoms with van der Waals surface area (Å²) >= 11 is 0. The van der Waals surface area contributed by atoms with Crippen LogP contribution in [0.2, 0.25) is 0 Å². The van der Waals surface area contributed by atoms with Crippen LogP contribution >= 0.6 is 0 Å². The smallest absolute Gasteiger partial charge is 0.307 e. The number of aromatic nitrogens is 2. The third kappa shape index (κ3) is 4.81. The van der Waals surface area contributed by atoms with Gasteiger partial charge in [0, 0.05) is 0 Å². The summed E-state index contributed by atoms with van der Waals surface area (Å²) < 4.78 is 10.6. The quantitative estimate of drug-likeness (QED) is 0.639. The Balaban J connectivity index is 2.78. The minimum Gasteiger partial charge on any atom is -0.488 e. The highest BCUT2D eigenvalue weighted by atomic mass is 16.7. The van der Waals surface area contributed by atoms with E-state index in [4.69, 9.17) is 14.3 Å². The molecule has 0 amide bonds. The summed E-state index contributed by atoms with van der Waals surface area (Å²) in [5, 5.41) is 3.98. The van der Waals surface area contributed by atoms with Crippen molar-refractivity contribution in [3.05, 3.63) is 16.4 Å². The van der Waals surface area contributed by atoms with Crippen LogP contribution in [0.3, 0.4) is 0 Å². The first-order valence-corrected chi connectivity index (χ1v) is 6.67. The molecular formula is C13H22N2O4. The molecule has 0 bridgehead atoms. The molecule has 6 heteroatoms. The lowest BCUT2D eigenvalue weighted by atomic mass is 10.4. The van der Waals surface area contributed by atoms with E-state index in [0.717, 1.165) is 30.5 Å². The zero-order valence-corrected chi connectivity index (χ0v) is 11.8. The van der Waals surface area contributed by atoms with E-state index in [9.17, 15) is 4.79 Å². The number of nitrogens with zero attached hydrogens (tertiary/aromatic N) is 2. The van der Waals surface area contributed by atoms with E-state index in [0.29, 0.717) is 19.0 Å². The van der Waals surface area contributed by atoms with Gasteiger partial charge in [-0.3, -0.25) is 4.79 Å². The van der Waals surface area contributed by atoms with Crippen molar-refractivity contribution < 1.29 is 14.3 Å². The zero-order chi connectivity index (χ0) is 14.1. The van der Waals surface area contributed by atoms with Crippen molar-refractivity contribution in [2.24, 2.45) is 0 Å². The van der Waals surface area contributed by atoms with E-state index < -0.39 is 0 Å². The molecule has 0 fully saturated rings. The lowest BCUT2D eigenvalue weighted by molar-refractivity contribution is 0.0641. The second-order valence-corrected chi connectivity index (χ2v) is 4.12. The predicted molar refractivity (Wildman–Crippen MR) is 71.8 cm³/mol. The molecule has 0 aliphatic heterocycles. The summed E-state index contributed by atoms with van der Waals surface area (Å²) in [6.07, 6.45) is 3.79. The van der Waals surface area contributed by atoms with E-state index in [2.05, 4.69) is 12.0 Å². The molecule has 0 radical (unpaired) electrons. The van der Waals surface area contributed by atoms with Gasteiger partial charge >= 0.3 is 5.56 Å². The third-order valence-electron chi connectivity index (χ3n) is 2.50. The minimum atomic E-state index is -0.358. The van der Waals surface area contributed by atoms with Crippen LogP contribution in [0.15, 0.2) is 10.9 Å². The largest absolute Gasteiger partial charge is 0.488 e. The predicted octanol–water partition coefficient (Wildman–Crippen LogP) is 1.66. The summed E-state index contributed by atoms with van der Waals surface area (Å²) in [6.45, 7) is 5.10. The Morgan fingerprint density at radius 1 is 1.21 bits per heavy atom. The second-order valence-electron chi connectivity index (χ2n) is 4.12. The summed E-state index contributed by atoms with van der Waals surface area (Å²) in [6, 6.07) is 1.34. The van der Waals surface area contributed by atoms with Gasteiger partial charge in [-0.05, 0) is 12.8 Å². The standard InChI is InChI=1S/C13H22N2O4/c1-4-6-8-18-11-10-12(16)15(14-13(11)17-3)19-9-7-5-2/h10H,4-9H2,1-3H3. The Hall–Kier alpha value is -1.72. The van der Waals surface area contributed by atoms with Crippen LogP contribution in [-0.2, 0) is 0 Å². The Morgan fingerprint density at radius 3 is 2.53 bits per heavy atom. The molecule has 6 nitrogen and oxygen atoms in total. The average molecular weight is 270 g/mol. The summed E-state index contributed by atoms with van der Waals surface area (Å²) in [4.78, 5) is 18.0. The van der Waals surface area contributed by atoms with Gasteiger partial charge in [-0.2, -0.15) is 0 Å². The molecule has 108 valence electrons. The van der Waals surface area contributed by atoms with Crippen molar-refractivity contribution >= 4 is 0 Å². The molecule has 0 atom stereocenters. The number of rotatable bonds is 9. The van der Waals surface area contributed by atoms with E-state index >= 15 is 0 Å². The van der Waals surface area contributed by atoms with Gasteiger partial charge in [-0.25, -0.2) is 0 Å². The third-order valence-corrected chi connectivity index (χ3v) is 2.50. The number of hydrogen-bond acceptors (Lipinski definition) is 5. The molecule has 1 rings (SSSR count). The van der Waals surface area contributed by atoms with Gasteiger partial charge in [0.05, 0.1) is 19.8 Å². The van der Waals surface area contributed by atoms with Gasteiger partial charge in [0.15, 0.2) is 5.75 Å². The Kier molecular flexibility index (Phi) is 6.78. The van der Waals surface area contributed by atoms with Crippen molar-refractivity contribution in [2.45, 2.75) is 39.5 Å². The fourth-order valence-electron chi connectivity index (χ4n) is 1.37. The van der Waals surface area contributed by atoms with Gasteiger partial charge < -0.3 is 14.3 Å². The van der Waals surface area contributed by atoms with Gasteiger partial charge in [0.2, 0.25) is 0 Å². The fraction of sp³-hybridized carbons (Fsp3) is 0.692. The maximum Gasteiger partial charge on any atom is 0.307 e. The summed E-state index contributed by atoms with van der Waals surface area (Å²) in [5.74, 6) is 0.614. The van der Waals surface area contributed by atoms with E-state index in [1.807, 2.05) is 6.92 Å². The van der Waals surface area contributed by atoms with E-state index in [-0.39, 0.29) is 11.4 Å².